The van der Waals surface area contributed by atoms with Crippen molar-refractivity contribution in [3.05, 3.63) is 224 Å². The molecular weight excluding hydrogens is 727 g/mol. The molecule has 10 rings (SSSR count). The lowest BCUT2D eigenvalue weighted by molar-refractivity contribution is 0.592. The van der Waals surface area contributed by atoms with Gasteiger partial charge in [-0.2, -0.15) is 0 Å². The zero-order chi connectivity index (χ0) is 40.6. The van der Waals surface area contributed by atoms with Gasteiger partial charge in [-0.25, -0.2) is 0 Å². The summed E-state index contributed by atoms with van der Waals surface area (Å²) in [6, 6.07) is 78.5. The van der Waals surface area contributed by atoms with Crippen LogP contribution in [0, 0.1) is 0 Å². The lowest BCUT2D eigenvalue weighted by Crippen LogP contribution is -2.12. The lowest BCUT2D eigenvalue weighted by Gasteiger charge is -2.27. The fourth-order valence-electron chi connectivity index (χ4n) is 8.57. The van der Waals surface area contributed by atoms with Gasteiger partial charge in [-0.3, -0.25) is 0 Å². The van der Waals surface area contributed by atoms with Gasteiger partial charge in [0.25, 0.3) is 0 Å². The molecule has 0 aliphatic heterocycles. The fourth-order valence-corrected chi connectivity index (χ4v) is 8.57. The number of anilines is 3. The van der Waals surface area contributed by atoms with E-state index >= 15 is 0 Å². The highest BCUT2D eigenvalue weighted by molar-refractivity contribution is 6.08. The van der Waals surface area contributed by atoms with Crippen LogP contribution in [-0.4, -0.2) is 0 Å². The van der Waals surface area contributed by atoms with E-state index in [4.69, 9.17) is 4.42 Å². The SMILES string of the molecule is CC(C)(C)c1ccccc1-c1ccc(N(c2ccc(-c3ccccc3)cc2)c2ccc(-c3ccc(-c4cc5oc6ccccc6c5cc4-c4ccccc4)cc3)cc2)cc1. The van der Waals surface area contributed by atoms with Crippen LogP contribution in [0.2, 0.25) is 0 Å². The Kier molecular flexibility index (Phi) is 9.47. The van der Waals surface area contributed by atoms with Crippen LogP contribution in [0.4, 0.5) is 17.1 Å². The summed E-state index contributed by atoms with van der Waals surface area (Å²) in [6.45, 7) is 6.84. The summed E-state index contributed by atoms with van der Waals surface area (Å²) >= 11 is 0. The predicted octanol–water partition coefficient (Wildman–Crippen LogP) is 16.7. The van der Waals surface area contributed by atoms with Crippen molar-refractivity contribution in [1.29, 1.82) is 0 Å². The Morgan fingerprint density at radius 1 is 0.317 bits per heavy atom. The number of benzene rings is 9. The van der Waals surface area contributed by atoms with Crippen molar-refractivity contribution in [2.45, 2.75) is 26.2 Å². The van der Waals surface area contributed by atoms with Gasteiger partial charge in [0.2, 0.25) is 0 Å². The van der Waals surface area contributed by atoms with Crippen molar-refractivity contribution >= 4 is 39.0 Å². The van der Waals surface area contributed by atoms with Crippen LogP contribution in [0.5, 0.6) is 0 Å². The number of rotatable bonds is 8. The number of furan rings is 1. The van der Waals surface area contributed by atoms with Crippen molar-refractivity contribution in [1.82, 2.24) is 0 Å². The van der Waals surface area contributed by atoms with Crippen LogP contribution in [0.15, 0.2) is 223 Å². The summed E-state index contributed by atoms with van der Waals surface area (Å²) < 4.78 is 6.36. The maximum absolute atomic E-state index is 6.36. The Hall–Kier alpha value is -7.42. The molecule has 0 amide bonds. The van der Waals surface area contributed by atoms with E-state index in [2.05, 4.69) is 232 Å². The topological polar surface area (TPSA) is 16.4 Å². The number of hydrogen-bond donors (Lipinski definition) is 0. The third kappa shape index (κ3) is 7.07. The van der Waals surface area contributed by atoms with Crippen LogP contribution in [0.25, 0.3) is 77.6 Å². The number of hydrogen-bond acceptors (Lipinski definition) is 2. The minimum atomic E-state index is 0.0404. The minimum absolute atomic E-state index is 0.0404. The molecule has 2 nitrogen and oxygen atoms in total. The van der Waals surface area contributed by atoms with Gasteiger partial charge in [0.1, 0.15) is 11.2 Å². The molecule has 0 saturated carbocycles. The summed E-state index contributed by atoms with van der Waals surface area (Å²) in [4.78, 5) is 2.35. The molecule has 0 N–H and O–H groups in total. The van der Waals surface area contributed by atoms with E-state index in [1.165, 1.54) is 38.9 Å². The standard InChI is InChI=1S/C58H45NO/c1-58(2,3)55-20-12-10-18-50(55)45-30-36-49(37-31-45)59(47-32-26-42(27-33-47)40-14-6-4-7-15-40)48-34-28-43(29-35-48)41-22-24-46(25-23-41)53-39-57-54(51-19-11-13-21-56(51)60-57)38-52(53)44-16-8-5-9-17-44/h4-39H,1-3H3. The molecule has 0 aliphatic carbocycles. The van der Waals surface area contributed by atoms with E-state index in [-0.39, 0.29) is 5.41 Å². The third-order valence-electron chi connectivity index (χ3n) is 11.7. The smallest absolute Gasteiger partial charge is 0.136 e. The maximum Gasteiger partial charge on any atom is 0.136 e. The molecule has 2 heteroatoms. The molecule has 0 atom stereocenters. The number of fused-ring (bicyclic) bond motifs is 3. The van der Waals surface area contributed by atoms with Crippen molar-refractivity contribution in [2.24, 2.45) is 0 Å². The quantitative estimate of drug-likeness (QED) is 0.153. The van der Waals surface area contributed by atoms with E-state index in [1.54, 1.807) is 0 Å². The molecular formula is C58H45NO. The molecule has 0 spiro atoms. The van der Waals surface area contributed by atoms with Gasteiger partial charge in [-0.1, -0.05) is 185 Å². The highest BCUT2D eigenvalue weighted by Gasteiger charge is 2.20. The second-order valence-corrected chi connectivity index (χ2v) is 16.6. The lowest BCUT2D eigenvalue weighted by atomic mass is 9.82. The number of para-hydroxylation sites is 1. The normalized spacial score (nSPS) is 11.6. The van der Waals surface area contributed by atoms with Gasteiger partial charge in [0, 0.05) is 27.8 Å². The van der Waals surface area contributed by atoms with Gasteiger partial charge in [-0.15, -0.1) is 0 Å². The zero-order valence-corrected chi connectivity index (χ0v) is 34.1. The average Bonchev–Trinajstić information content (AvgIpc) is 3.67. The zero-order valence-electron chi connectivity index (χ0n) is 34.1. The van der Waals surface area contributed by atoms with Gasteiger partial charge in [0.15, 0.2) is 0 Å². The Morgan fingerprint density at radius 2 is 0.717 bits per heavy atom. The largest absolute Gasteiger partial charge is 0.456 e. The first-order chi connectivity index (χ1) is 29.4. The third-order valence-corrected chi connectivity index (χ3v) is 11.7. The van der Waals surface area contributed by atoms with E-state index in [0.717, 1.165) is 61.3 Å². The summed E-state index contributed by atoms with van der Waals surface area (Å²) in [7, 11) is 0. The summed E-state index contributed by atoms with van der Waals surface area (Å²) in [5, 5.41) is 2.27. The van der Waals surface area contributed by atoms with Gasteiger partial charge in [0.05, 0.1) is 0 Å². The maximum atomic E-state index is 6.36. The van der Waals surface area contributed by atoms with Gasteiger partial charge in [-0.05, 0) is 121 Å². The molecule has 9 aromatic carbocycles. The monoisotopic (exact) mass is 771 g/mol. The van der Waals surface area contributed by atoms with Crippen LogP contribution in [0.3, 0.4) is 0 Å². The first-order valence-electron chi connectivity index (χ1n) is 20.7. The van der Waals surface area contributed by atoms with E-state index in [1.807, 2.05) is 12.1 Å². The molecule has 0 radical (unpaired) electrons. The highest BCUT2D eigenvalue weighted by atomic mass is 16.3. The molecule has 0 unspecified atom stereocenters. The van der Waals surface area contributed by atoms with Crippen molar-refractivity contribution < 1.29 is 4.42 Å². The molecule has 10 aromatic rings. The van der Waals surface area contributed by atoms with Crippen LogP contribution >= 0.6 is 0 Å². The Balaban J connectivity index is 0.993. The molecule has 60 heavy (non-hydrogen) atoms. The molecule has 0 fully saturated rings. The second kappa shape index (κ2) is 15.4. The van der Waals surface area contributed by atoms with E-state index in [9.17, 15) is 0 Å². The molecule has 1 aromatic heterocycles. The predicted molar refractivity (Wildman–Crippen MR) is 254 cm³/mol. The first kappa shape index (κ1) is 36.9. The first-order valence-corrected chi connectivity index (χ1v) is 20.7. The molecule has 0 saturated heterocycles. The van der Waals surface area contributed by atoms with Crippen molar-refractivity contribution in [3.8, 4) is 55.6 Å². The molecule has 1 heterocycles. The average molecular weight is 772 g/mol. The summed E-state index contributed by atoms with van der Waals surface area (Å²) in [6.07, 6.45) is 0. The Morgan fingerprint density at radius 3 is 1.30 bits per heavy atom. The Bertz CT molecular complexity index is 3060. The Labute approximate surface area is 352 Å². The molecule has 0 bridgehead atoms. The van der Waals surface area contributed by atoms with Crippen LogP contribution in [0.1, 0.15) is 26.3 Å². The van der Waals surface area contributed by atoms with E-state index < -0.39 is 0 Å². The van der Waals surface area contributed by atoms with E-state index in [0.29, 0.717) is 0 Å². The minimum Gasteiger partial charge on any atom is -0.456 e. The summed E-state index contributed by atoms with van der Waals surface area (Å²) in [5.41, 5.74) is 18.4. The van der Waals surface area contributed by atoms with Gasteiger partial charge < -0.3 is 9.32 Å². The molecule has 0 aliphatic rings. The van der Waals surface area contributed by atoms with Crippen molar-refractivity contribution in [3.63, 3.8) is 0 Å². The van der Waals surface area contributed by atoms with Crippen LogP contribution < -0.4 is 4.90 Å². The fraction of sp³-hybridized carbons (Fsp3) is 0.0690. The van der Waals surface area contributed by atoms with Crippen molar-refractivity contribution in [2.75, 3.05) is 4.90 Å². The molecule has 288 valence electrons. The summed E-state index contributed by atoms with van der Waals surface area (Å²) in [5.74, 6) is 0. The highest BCUT2D eigenvalue weighted by Crippen LogP contribution is 2.42. The van der Waals surface area contributed by atoms with Crippen LogP contribution in [-0.2, 0) is 5.41 Å². The second-order valence-electron chi connectivity index (χ2n) is 16.6. The van der Waals surface area contributed by atoms with Gasteiger partial charge >= 0.3 is 0 Å². The number of nitrogens with zero attached hydrogens (tertiary/aromatic N) is 1.